The molecule has 9 heteroatoms. The van der Waals surface area contributed by atoms with Crippen molar-refractivity contribution >= 4 is 40.8 Å². The molecule has 0 spiro atoms. The van der Waals surface area contributed by atoms with Gasteiger partial charge in [0.15, 0.2) is 11.0 Å². The number of benzene rings is 2. The summed E-state index contributed by atoms with van der Waals surface area (Å²) in [6.07, 6.45) is 0. The molecule has 0 aliphatic heterocycles. The zero-order valence-electron chi connectivity index (χ0n) is 13.8. The number of aromatic amines is 1. The molecular weight excluding hydrogens is 391 g/mol. The van der Waals surface area contributed by atoms with Crippen LogP contribution in [-0.2, 0) is 5.75 Å². The lowest BCUT2D eigenvalue weighted by molar-refractivity contribution is 0.102. The molecule has 0 atom stereocenters. The van der Waals surface area contributed by atoms with E-state index in [9.17, 15) is 14.0 Å². The third-order valence-electron chi connectivity index (χ3n) is 3.54. The van der Waals surface area contributed by atoms with E-state index in [1.54, 1.807) is 6.07 Å². The normalized spacial score (nSPS) is 10.6. The van der Waals surface area contributed by atoms with Crippen LogP contribution in [0, 0.1) is 5.82 Å². The molecule has 0 aliphatic carbocycles. The van der Waals surface area contributed by atoms with Crippen LogP contribution < -0.4 is 16.6 Å². The smallest absolute Gasteiger partial charge is 0.277 e. The highest BCUT2D eigenvalue weighted by Gasteiger charge is 2.14. The Hall–Kier alpha value is -2.84. The summed E-state index contributed by atoms with van der Waals surface area (Å²) in [7, 11) is 0. The van der Waals surface area contributed by atoms with E-state index in [0.717, 1.165) is 17.7 Å². The maximum atomic E-state index is 12.9. The van der Waals surface area contributed by atoms with Crippen molar-refractivity contribution in [2.45, 2.75) is 10.9 Å². The zero-order valence-corrected chi connectivity index (χ0v) is 15.4. The van der Waals surface area contributed by atoms with Gasteiger partial charge in [0, 0.05) is 16.3 Å². The average molecular weight is 405 g/mol. The number of nitrogens with zero attached hydrogens (tertiary/aromatic N) is 1. The molecule has 1 amide bonds. The SMILES string of the molecule is Nc1nc(SCc2cccc(Cl)c2)[nH]c(=O)c1NC(=O)c1ccc(F)cc1. The van der Waals surface area contributed by atoms with Crippen LogP contribution in [0.4, 0.5) is 15.9 Å². The number of nitrogens with one attached hydrogen (secondary N) is 2. The molecule has 3 aromatic rings. The van der Waals surface area contributed by atoms with Gasteiger partial charge in [-0.15, -0.1) is 0 Å². The average Bonchev–Trinajstić information content (AvgIpc) is 2.63. The molecule has 0 bridgehead atoms. The summed E-state index contributed by atoms with van der Waals surface area (Å²) in [6.45, 7) is 0. The molecule has 3 rings (SSSR count). The van der Waals surface area contributed by atoms with Crippen LogP contribution in [0.2, 0.25) is 5.02 Å². The van der Waals surface area contributed by atoms with Crippen LogP contribution in [0.25, 0.3) is 0 Å². The van der Waals surface area contributed by atoms with E-state index in [0.29, 0.717) is 15.9 Å². The number of hydrogen-bond acceptors (Lipinski definition) is 5. The molecule has 1 aromatic heterocycles. The molecule has 0 fully saturated rings. The first-order chi connectivity index (χ1) is 12.9. The fourth-order valence-corrected chi connectivity index (χ4v) is 3.25. The molecule has 0 aliphatic rings. The first-order valence-electron chi connectivity index (χ1n) is 7.76. The number of carbonyl (C=O) groups is 1. The Balaban J connectivity index is 1.73. The van der Waals surface area contributed by atoms with E-state index in [1.807, 2.05) is 18.2 Å². The van der Waals surface area contributed by atoms with Crippen LogP contribution in [0.1, 0.15) is 15.9 Å². The van der Waals surface area contributed by atoms with E-state index in [4.69, 9.17) is 17.3 Å². The van der Waals surface area contributed by atoms with Crippen LogP contribution >= 0.6 is 23.4 Å². The van der Waals surface area contributed by atoms with Gasteiger partial charge >= 0.3 is 0 Å². The highest BCUT2D eigenvalue weighted by molar-refractivity contribution is 7.98. The summed E-state index contributed by atoms with van der Waals surface area (Å²) >= 11 is 7.22. The summed E-state index contributed by atoms with van der Waals surface area (Å²) in [5.41, 5.74) is 6.24. The highest BCUT2D eigenvalue weighted by atomic mass is 35.5. The largest absolute Gasteiger partial charge is 0.382 e. The Morgan fingerprint density at radius 2 is 2.00 bits per heavy atom. The van der Waals surface area contributed by atoms with Crippen molar-refractivity contribution in [1.29, 1.82) is 0 Å². The Kier molecular flexibility index (Phi) is 5.78. The van der Waals surface area contributed by atoms with Crippen LogP contribution in [0.5, 0.6) is 0 Å². The summed E-state index contributed by atoms with van der Waals surface area (Å²) in [5, 5.41) is 3.34. The Bertz CT molecular complexity index is 1040. The van der Waals surface area contributed by atoms with E-state index in [-0.39, 0.29) is 17.1 Å². The summed E-state index contributed by atoms with van der Waals surface area (Å²) in [4.78, 5) is 31.1. The molecule has 0 unspecified atom stereocenters. The molecule has 0 saturated carbocycles. The maximum Gasteiger partial charge on any atom is 0.277 e. The molecule has 138 valence electrons. The van der Waals surface area contributed by atoms with Gasteiger partial charge in [-0.1, -0.05) is 35.5 Å². The fourth-order valence-electron chi connectivity index (χ4n) is 2.22. The number of hydrogen-bond donors (Lipinski definition) is 3. The fraction of sp³-hybridized carbons (Fsp3) is 0.0556. The number of halogens is 2. The van der Waals surface area contributed by atoms with Gasteiger partial charge in [-0.05, 0) is 42.0 Å². The summed E-state index contributed by atoms with van der Waals surface area (Å²) < 4.78 is 12.9. The predicted octanol–water partition coefficient (Wildman–Crippen LogP) is 3.69. The first-order valence-corrected chi connectivity index (χ1v) is 9.12. The number of thioether (sulfide) groups is 1. The quantitative estimate of drug-likeness (QED) is 0.444. The van der Waals surface area contributed by atoms with Crippen molar-refractivity contribution in [3.05, 3.63) is 80.9 Å². The predicted molar refractivity (Wildman–Crippen MR) is 105 cm³/mol. The van der Waals surface area contributed by atoms with Gasteiger partial charge in [0.05, 0.1) is 0 Å². The van der Waals surface area contributed by atoms with E-state index in [1.165, 1.54) is 23.9 Å². The van der Waals surface area contributed by atoms with E-state index >= 15 is 0 Å². The summed E-state index contributed by atoms with van der Waals surface area (Å²) in [5.74, 6) is -0.632. The topological polar surface area (TPSA) is 101 Å². The first kappa shape index (κ1) is 18.9. The third kappa shape index (κ3) is 4.87. The highest BCUT2D eigenvalue weighted by Crippen LogP contribution is 2.22. The molecule has 6 nitrogen and oxygen atoms in total. The van der Waals surface area contributed by atoms with E-state index < -0.39 is 17.3 Å². The lowest BCUT2D eigenvalue weighted by Gasteiger charge is -2.08. The van der Waals surface area contributed by atoms with Gasteiger partial charge in [-0.25, -0.2) is 9.37 Å². The van der Waals surface area contributed by atoms with Crippen LogP contribution in [-0.4, -0.2) is 15.9 Å². The zero-order chi connectivity index (χ0) is 19.4. The molecule has 1 heterocycles. The third-order valence-corrected chi connectivity index (χ3v) is 4.71. The van der Waals surface area contributed by atoms with Gasteiger partial charge in [0.2, 0.25) is 0 Å². The number of anilines is 2. The van der Waals surface area contributed by atoms with Crippen molar-refractivity contribution in [2.75, 3.05) is 11.1 Å². The second-order valence-electron chi connectivity index (χ2n) is 5.51. The second-order valence-corrected chi connectivity index (χ2v) is 6.91. The minimum Gasteiger partial charge on any atom is -0.382 e. The van der Waals surface area contributed by atoms with Gasteiger partial charge in [0.1, 0.15) is 11.5 Å². The molecule has 0 saturated heterocycles. The number of nitrogen functional groups attached to an aromatic ring is 1. The standard InChI is InChI=1S/C18H14ClFN4O2S/c19-12-3-1-2-10(8-12)9-27-18-23-15(21)14(17(26)24-18)22-16(25)11-4-6-13(20)7-5-11/h1-8H,9H2,(H,22,25)(H3,21,23,24,26). The van der Waals surface area contributed by atoms with Gasteiger partial charge < -0.3 is 11.1 Å². The molecule has 2 aromatic carbocycles. The van der Waals surface area contributed by atoms with Crippen molar-refractivity contribution < 1.29 is 9.18 Å². The minimum absolute atomic E-state index is 0.109. The molecule has 27 heavy (non-hydrogen) atoms. The van der Waals surface area contributed by atoms with E-state index in [2.05, 4.69) is 15.3 Å². The van der Waals surface area contributed by atoms with Crippen LogP contribution in [0.15, 0.2) is 58.5 Å². The number of aromatic nitrogens is 2. The van der Waals surface area contributed by atoms with Gasteiger partial charge in [-0.3, -0.25) is 14.6 Å². The minimum atomic E-state index is -0.590. The van der Waals surface area contributed by atoms with Gasteiger partial charge in [0.25, 0.3) is 11.5 Å². The second kappa shape index (κ2) is 8.24. The Morgan fingerprint density at radius 3 is 2.67 bits per heavy atom. The molecular formula is C18H14ClFN4O2S. The number of amides is 1. The molecule has 0 radical (unpaired) electrons. The molecule has 4 N–H and O–H groups in total. The number of H-pyrrole nitrogens is 1. The van der Waals surface area contributed by atoms with Crippen molar-refractivity contribution in [3.63, 3.8) is 0 Å². The van der Waals surface area contributed by atoms with Crippen molar-refractivity contribution in [2.24, 2.45) is 0 Å². The number of carbonyl (C=O) groups excluding carboxylic acids is 1. The van der Waals surface area contributed by atoms with Gasteiger partial charge in [-0.2, -0.15) is 0 Å². The number of nitrogens with two attached hydrogens (primary N) is 1. The maximum absolute atomic E-state index is 12.9. The lowest BCUT2D eigenvalue weighted by atomic mass is 10.2. The van der Waals surface area contributed by atoms with Crippen molar-refractivity contribution in [3.8, 4) is 0 Å². The monoisotopic (exact) mass is 404 g/mol. The lowest BCUT2D eigenvalue weighted by Crippen LogP contribution is -2.23. The Morgan fingerprint density at radius 1 is 1.26 bits per heavy atom. The summed E-state index contributed by atoms with van der Waals surface area (Å²) in [6, 6.07) is 12.2. The number of rotatable bonds is 5. The van der Waals surface area contributed by atoms with Crippen LogP contribution in [0.3, 0.4) is 0 Å². The van der Waals surface area contributed by atoms with Crippen molar-refractivity contribution in [1.82, 2.24) is 9.97 Å². The Labute approximate surface area is 163 Å².